The second kappa shape index (κ2) is 3.93. The van der Waals surface area contributed by atoms with Crippen LogP contribution in [0.2, 0.25) is 0 Å². The summed E-state index contributed by atoms with van der Waals surface area (Å²) in [7, 11) is 0. The van der Waals surface area contributed by atoms with Gasteiger partial charge in [-0.1, -0.05) is 0 Å². The van der Waals surface area contributed by atoms with Gasteiger partial charge in [0.15, 0.2) is 9.81 Å². The molecule has 1 rings (SSSR count). The van der Waals surface area contributed by atoms with Crippen molar-refractivity contribution in [1.82, 2.24) is 0 Å². The van der Waals surface area contributed by atoms with Crippen molar-refractivity contribution in [3.63, 3.8) is 0 Å². The minimum Gasteiger partial charge on any atom is -0.394 e. The van der Waals surface area contributed by atoms with Gasteiger partial charge in [-0.25, -0.2) is 0 Å². The van der Waals surface area contributed by atoms with E-state index in [0.29, 0.717) is 0 Å². The van der Waals surface area contributed by atoms with Crippen LogP contribution in [0.3, 0.4) is 0 Å². The zero-order valence-corrected chi connectivity index (χ0v) is 8.75. The van der Waals surface area contributed by atoms with E-state index in [-0.39, 0.29) is 0 Å². The zero-order valence-electron chi connectivity index (χ0n) is 7.59. The maximum absolute atomic E-state index is 9.52. The van der Waals surface area contributed by atoms with E-state index < -0.39 is 34.7 Å². The number of halogens is 1. The Bertz CT molecular complexity index is 226. The molecule has 0 bridgehead atoms. The van der Waals surface area contributed by atoms with E-state index in [1.807, 2.05) is 0 Å². The fourth-order valence-corrected chi connectivity index (χ4v) is 1.67. The van der Waals surface area contributed by atoms with Gasteiger partial charge in [-0.05, 0) is 22.6 Å². The third-order valence-corrected chi connectivity index (χ3v) is 3.02. The Labute approximate surface area is 89.9 Å². The number of nitrogens with two attached hydrogens (primary N) is 1. The fourth-order valence-electron chi connectivity index (χ4n) is 1.02. The second-order valence-electron chi connectivity index (χ2n) is 2.87. The molecule has 0 aromatic rings. The molecule has 13 heavy (non-hydrogen) atoms. The van der Waals surface area contributed by atoms with Crippen LogP contribution in [0, 0.1) is 0 Å². The second-order valence-corrected chi connectivity index (χ2v) is 3.85. The molecule has 0 spiro atoms. The lowest BCUT2D eigenvalue weighted by atomic mass is 9.96. The van der Waals surface area contributed by atoms with Crippen molar-refractivity contribution in [2.45, 2.75) is 28.1 Å². The van der Waals surface area contributed by atoms with Crippen LogP contribution in [-0.4, -0.2) is 55.2 Å². The molecule has 1 aliphatic heterocycles. The van der Waals surface area contributed by atoms with Crippen molar-refractivity contribution in [2.75, 3.05) is 6.61 Å². The molecule has 0 amide bonds. The van der Waals surface area contributed by atoms with Crippen LogP contribution in [-0.2, 0) is 4.74 Å². The lowest BCUT2D eigenvalue weighted by Gasteiger charge is -2.43. The van der Waals surface area contributed by atoms with Crippen LogP contribution < -0.4 is 5.73 Å². The highest BCUT2D eigenvalue weighted by Crippen LogP contribution is 2.29. The van der Waals surface area contributed by atoms with Crippen LogP contribution in [0.15, 0.2) is 0 Å². The highest BCUT2D eigenvalue weighted by Gasteiger charge is 2.51. The Morgan fingerprint density at radius 2 is 2.15 bits per heavy atom. The first-order valence-electron chi connectivity index (χ1n) is 4.09. The third-order valence-electron chi connectivity index (χ3n) is 1.90. The molecule has 0 saturated carbocycles. The summed E-state index contributed by atoms with van der Waals surface area (Å²) in [6.07, 6.45) is -4.41. The molecule has 0 aromatic carbocycles. The summed E-state index contributed by atoms with van der Waals surface area (Å²) < 4.78 is 10.3. The maximum atomic E-state index is 9.52. The molecule has 6 nitrogen and oxygen atoms in total. The van der Waals surface area contributed by atoms with Gasteiger partial charge in [0.25, 0.3) is 0 Å². The summed E-state index contributed by atoms with van der Waals surface area (Å²) in [6.45, 7) is -0.571. The van der Waals surface area contributed by atoms with Gasteiger partial charge in [0.2, 0.25) is 0 Å². The Morgan fingerprint density at radius 1 is 1.62 bits per heavy atom. The highest BCUT2D eigenvalue weighted by atomic mass is 127. The minimum absolute atomic E-state index is 0.571. The first kappa shape index (κ1) is 10.0. The number of hydrogen-bond acceptors (Lipinski definition) is 6. The number of aliphatic hydroxyl groups is 4. The number of hydrogen-bond donors (Lipinski definition) is 5. The van der Waals surface area contributed by atoms with Gasteiger partial charge in [0.05, 0.1) is 7.98 Å². The normalized spacial score (nSPS) is 58.9. The molecule has 0 aromatic heterocycles. The number of rotatable bonds is 1. The summed E-state index contributed by atoms with van der Waals surface area (Å²) in [5, 5.41) is 37.0. The van der Waals surface area contributed by atoms with E-state index in [1.165, 1.54) is 22.6 Å². The molecule has 1 heterocycles. The maximum Gasteiger partial charge on any atom is 0.178 e. The van der Waals surface area contributed by atoms with E-state index in [0.717, 1.165) is 0 Å². The van der Waals surface area contributed by atoms with Crippen molar-refractivity contribution in [3.8, 4) is 0 Å². The molecule has 0 aliphatic carbocycles. The minimum atomic E-state index is -2.39. The lowest BCUT2D eigenvalue weighted by molar-refractivity contribution is -0.244. The highest BCUT2D eigenvalue weighted by molar-refractivity contribution is 14.1. The van der Waals surface area contributed by atoms with Crippen molar-refractivity contribution in [3.05, 3.63) is 0 Å². The molecule has 78 valence electrons. The lowest BCUT2D eigenvalue weighted by Crippen LogP contribution is -2.69. The van der Waals surface area contributed by atoms with Gasteiger partial charge in [0.1, 0.15) is 18.3 Å². The van der Waals surface area contributed by atoms with Crippen LogP contribution in [0.1, 0.15) is 1.37 Å². The van der Waals surface area contributed by atoms with E-state index >= 15 is 0 Å². The summed E-state index contributed by atoms with van der Waals surface area (Å²) in [5.41, 5.74) is 2.86. The van der Waals surface area contributed by atoms with Crippen LogP contribution in [0.25, 0.3) is 0 Å². The van der Waals surface area contributed by atoms with E-state index in [1.54, 1.807) is 0 Å². The first-order chi connectivity index (χ1) is 6.24. The SMILES string of the molecule is [2H]C1(I)O[C@H](CO)[C@@H](O)[C@H](O)[C@@]1(N)O. The molecule has 7 heteroatoms. The predicted octanol–water partition coefficient (Wildman–Crippen LogP) is -2.49. The molecule has 1 aliphatic rings. The van der Waals surface area contributed by atoms with Crippen molar-refractivity contribution in [1.29, 1.82) is 0 Å². The van der Waals surface area contributed by atoms with Gasteiger partial charge in [-0.15, -0.1) is 0 Å². The van der Waals surface area contributed by atoms with Gasteiger partial charge in [-0.3, -0.25) is 5.73 Å². The predicted molar refractivity (Wildman–Crippen MR) is 50.9 cm³/mol. The standard InChI is InChI=1S/C6H12INO5/c7-5-6(8,12)4(11)3(10)2(1-9)13-5/h2-5,9-12H,1,8H2/t2-,3-,4+,5?,6-/m1/s1/i5D. The van der Waals surface area contributed by atoms with E-state index in [4.69, 9.17) is 16.9 Å². The molecule has 0 radical (unpaired) electrons. The molecule has 5 atom stereocenters. The van der Waals surface area contributed by atoms with Crippen LogP contribution in [0.4, 0.5) is 0 Å². The Morgan fingerprint density at radius 3 is 2.62 bits per heavy atom. The fraction of sp³-hybridized carbons (Fsp3) is 1.00. The molecule has 1 unspecified atom stereocenters. The Hall–Kier alpha value is 0.490. The Kier molecular flexibility index (Phi) is 3.03. The molecule has 1 fully saturated rings. The van der Waals surface area contributed by atoms with Crippen molar-refractivity contribution < 1.29 is 26.5 Å². The number of ether oxygens (including phenoxy) is 1. The van der Waals surface area contributed by atoms with E-state index in [2.05, 4.69) is 0 Å². The summed E-state index contributed by atoms with van der Waals surface area (Å²) in [6, 6.07) is 0. The average molecular weight is 306 g/mol. The molecule has 6 N–H and O–H groups in total. The number of aliphatic hydroxyl groups excluding tert-OH is 3. The van der Waals surface area contributed by atoms with Gasteiger partial charge < -0.3 is 25.2 Å². The average Bonchev–Trinajstić information content (AvgIpc) is 2.09. The number of alkyl halides is 1. The van der Waals surface area contributed by atoms with Crippen molar-refractivity contribution in [2.24, 2.45) is 5.73 Å². The van der Waals surface area contributed by atoms with Crippen LogP contribution >= 0.6 is 22.6 Å². The molecular weight excluding hydrogens is 293 g/mol. The monoisotopic (exact) mass is 306 g/mol. The quantitative estimate of drug-likeness (QED) is 0.208. The first-order valence-corrected chi connectivity index (χ1v) is 4.67. The largest absolute Gasteiger partial charge is 0.394 e. The summed E-state index contributed by atoms with van der Waals surface area (Å²) >= 11 is 1.38. The van der Waals surface area contributed by atoms with E-state index in [9.17, 15) is 15.3 Å². The van der Waals surface area contributed by atoms with Gasteiger partial charge in [-0.2, -0.15) is 0 Å². The Balaban J connectivity index is 2.95. The van der Waals surface area contributed by atoms with Gasteiger partial charge in [0, 0.05) is 0 Å². The third kappa shape index (κ3) is 1.96. The summed E-state index contributed by atoms with van der Waals surface area (Å²) in [4.78, 5) is 0. The molecule has 1 saturated heterocycles. The summed E-state index contributed by atoms with van der Waals surface area (Å²) in [5.74, 6) is 0. The van der Waals surface area contributed by atoms with Crippen molar-refractivity contribution >= 4 is 22.6 Å². The molecular formula is C6H12INO5. The topological polar surface area (TPSA) is 116 Å². The van der Waals surface area contributed by atoms with Crippen LogP contribution in [0.5, 0.6) is 0 Å². The smallest absolute Gasteiger partial charge is 0.178 e. The van der Waals surface area contributed by atoms with Gasteiger partial charge >= 0.3 is 0 Å². The zero-order chi connectivity index (χ0) is 11.1.